The summed E-state index contributed by atoms with van der Waals surface area (Å²) in [6.45, 7) is 15.2. The highest BCUT2D eigenvalue weighted by molar-refractivity contribution is 6.75. The monoisotopic (exact) mass is 472 g/mol. The fourth-order valence-corrected chi connectivity index (χ4v) is 13.5. The van der Waals surface area contributed by atoms with Gasteiger partial charge in [-0.05, 0) is 48.0 Å². The van der Waals surface area contributed by atoms with E-state index in [0.29, 0.717) is 0 Å². The van der Waals surface area contributed by atoms with E-state index in [4.69, 9.17) is 12.3 Å². The van der Waals surface area contributed by atoms with Crippen LogP contribution < -0.4 is 0 Å². The highest BCUT2D eigenvalue weighted by Crippen LogP contribution is 2.21. The number of unbranched alkanes of at least 4 members (excludes halogenated alkanes) is 7. The fraction of sp³-hybridized carbons (Fsp3) is 0.727. The molecule has 0 aliphatic carbocycles. The van der Waals surface area contributed by atoms with Gasteiger partial charge >= 0.3 is 8.80 Å². The van der Waals surface area contributed by atoms with Gasteiger partial charge in [-0.15, -0.1) is 0 Å². The first-order valence-electron chi connectivity index (χ1n) is 11.6. The lowest BCUT2D eigenvalue weighted by Gasteiger charge is -2.30. The molecule has 29 heavy (non-hydrogen) atoms. The molecule has 0 radical (unpaired) electrons. The number of allylic oxidation sites excluding steroid dienone is 3. The Labute approximate surface area is 190 Å². The first-order valence-corrected chi connectivity index (χ1v) is 17.7. The fourth-order valence-electron chi connectivity index (χ4n) is 2.82. The van der Waals surface area contributed by atoms with Crippen LogP contribution in [-0.2, 0) is 12.3 Å². The van der Waals surface area contributed by atoms with E-state index in [0.717, 1.165) is 6.04 Å². The maximum Gasteiger partial charge on any atom is 0.469 e. The Bertz CT molecular complexity index is 437. The summed E-state index contributed by atoms with van der Waals surface area (Å²) in [6, 6.07) is 0.999. The van der Waals surface area contributed by atoms with Gasteiger partial charge in [0.05, 0.1) is 0 Å². The van der Waals surface area contributed by atoms with Gasteiger partial charge < -0.3 is 12.3 Å². The maximum atomic E-state index is 6.53. The molecule has 0 amide bonds. The smallest absolute Gasteiger partial charge is 0.418 e. The maximum absolute atomic E-state index is 6.53. The van der Waals surface area contributed by atoms with E-state index in [1.807, 2.05) is 0 Å². The second-order valence-electron chi connectivity index (χ2n) is 8.69. The third-order valence-electron chi connectivity index (χ3n) is 4.72. The van der Waals surface area contributed by atoms with Gasteiger partial charge in [-0.2, -0.15) is 0 Å². The lowest BCUT2D eigenvalue weighted by atomic mass is 10.1. The summed E-state index contributed by atoms with van der Waals surface area (Å²) in [5.74, 6) is 0. The minimum atomic E-state index is -2.53. The van der Waals surface area contributed by atoms with Crippen molar-refractivity contribution in [3.63, 3.8) is 0 Å². The van der Waals surface area contributed by atoms with E-state index < -0.39 is 38.1 Å². The molecule has 0 aromatic rings. The van der Waals surface area contributed by atoms with Gasteiger partial charge in [0.15, 0.2) is 29.3 Å². The van der Waals surface area contributed by atoms with Crippen LogP contribution in [0.15, 0.2) is 33.8 Å². The molecule has 0 aromatic heterocycles. The van der Waals surface area contributed by atoms with Gasteiger partial charge in [-0.25, -0.2) is 0 Å². The van der Waals surface area contributed by atoms with Crippen LogP contribution in [0.5, 0.6) is 0 Å². The molecule has 0 rings (SSSR count). The van der Waals surface area contributed by atoms with Crippen molar-refractivity contribution in [3.8, 4) is 0 Å². The van der Waals surface area contributed by atoms with Crippen LogP contribution in [0.4, 0.5) is 0 Å². The Morgan fingerprint density at radius 3 is 1.28 bits per heavy atom. The zero-order valence-electron chi connectivity index (χ0n) is 20.4. The lowest BCUT2D eigenvalue weighted by molar-refractivity contribution is 0.282. The van der Waals surface area contributed by atoms with Gasteiger partial charge in [0.2, 0.25) is 0 Å². The second kappa shape index (κ2) is 18.7. The summed E-state index contributed by atoms with van der Waals surface area (Å²) in [6.07, 6.45) is 10.6. The largest absolute Gasteiger partial charge is 0.469 e. The SMILES string of the molecule is CCCCCCCCCC[Si](O[SiH2]C=C(C)C)(O[SiH2]C=C(C)C)O[SiH2]C=C(C)C. The van der Waals surface area contributed by atoms with E-state index in [1.165, 1.54) is 68.1 Å². The topological polar surface area (TPSA) is 27.7 Å². The van der Waals surface area contributed by atoms with Crippen molar-refractivity contribution in [2.45, 2.75) is 106 Å². The summed E-state index contributed by atoms with van der Waals surface area (Å²) < 4.78 is 19.6. The molecule has 0 N–H and O–H groups in total. The summed E-state index contributed by atoms with van der Waals surface area (Å²) in [5, 5.41) is 0. The van der Waals surface area contributed by atoms with Crippen molar-refractivity contribution in [3.05, 3.63) is 33.8 Å². The van der Waals surface area contributed by atoms with Gasteiger partial charge in [-0.3, -0.25) is 0 Å². The first-order chi connectivity index (χ1) is 13.8. The molecule has 0 heterocycles. The van der Waals surface area contributed by atoms with Gasteiger partial charge in [0.1, 0.15) is 0 Å². The third-order valence-corrected chi connectivity index (χ3v) is 15.9. The molecule has 0 unspecified atom stereocenters. The first kappa shape index (κ1) is 29.0. The average Bonchev–Trinajstić information content (AvgIpc) is 2.63. The summed E-state index contributed by atoms with van der Waals surface area (Å²) in [4.78, 5) is 0. The molecular formula is C22H48O3Si4. The molecule has 7 heteroatoms. The Kier molecular flexibility index (Phi) is 18.7. The molecule has 0 aliphatic rings. The standard InChI is InChI=1S/C22H48O3Si4/c1-8-9-10-11-12-13-14-15-16-29(23-26-17-20(2)3,24-27-18-21(4)5)25-28-19-22(6)7/h17-19H,8-16,26-28H2,1-7H3. The van der Waals surface area contributed by atoms with Crippen LogP contribution in [0.25, 0.3) is 0 Å². The number of hydrogen-bond acceptors (Lipinski definition) is 3. The van der Waals surface area contributed by atoms with Gasteiger partial charge in [-0.1, -0.05) is 85.7 Å². The molecule has 0 fully saturated rings. The highest BCUT2D eigenvalue weighted by atomic mass is 28.5. The summed E-state index contributed by atoms with van der Waals surface area (Å²) in [7, 11) is -4.73. The quantitative estimate of drug-likeness (QED) is 0.204. The molecule has 0 saturated heterocycles. The Balaban J connectivity index is 4.87. The molecule has 0 spiro atoms. The van der Waals surface area contributed by atoms with Gasteiger partial charge in [0.25, 0.3) is 0 Å². The van der Waals surface area contributed by atoms with Gasteiger partial charge in [0, 0.05) is 6.04 Å². The van der Waals surface area contributed by atoms with E-state index >= 15 is 0 Å². The normalized spacial score (nSPS) is 14.2. The van der Waals surface area contributed by atoms with E-state index in [-0.39, 0.29) is 0 Å². The van der Waals surface area contributed by atoms with Crippen LogP contribution in [0.3, 0.4) is 0 Å². The van der Waals surface area contributed by atoms with Crippen LogP contribution in [0.2, 0.25) is 6.04 Å². The Morgan fingerprint density at radius 2 is 0.931 bits per heavy atom. The third kappa shape index (κ3) is 18.5. The minimum absolute atomic E-state index is 0.736. The molecular weight excluding hydrogens is 425 g/mol. The molecule has 0 bridgehead atoms. The zero-order chi connectivity index (χ0) is 22.0. The predicted octanol–water partition coefficient (Wildman–Crippen LogP) is 5.14. The lowest BCUT2D eigenvalue weighted by Crippen LogP contribution is -2.48. The van der Waals surface area contributed by atoms with E-state index in [1.54, 1.807) is 0 Å². The predicted molar refractivity (Wildman–Crippen MR) is 140 cm³/mol. The number of hydrogen-bond donors (Lipinski definition) is 0. The van der Waals surface area contributed by atoms with Crippen LogP contribution in [0.1, 0.15) is 99.8 Å². The van der Waals surface area contributed by atoms with E-state index in [9.17, 15) is 0 Å². The number of rotatable bonds is 18. The molecule has 0 saturated carbocycles. The summed E-state index contributed by atoms with van der Waals surface area (Å²) in [5.41, 5.74) is 10.9. The average molecular weight is 473 g/mol. The molecule has 3 nitrogen and oxygen atoms in total. The van der Waals surface area contributed by atoms with Crippen molar-refractivity contribution < 1.29 is 12.3 Å². The Hall–Kier alpha value is -0.0325. The Morgan fingerprint density at radius 1 is 0.586 bits per heavy atom. The molecule has 0 aromatic carbocycles. The second-order valence-corrected chi connectivity index (χ2v) is 16.2. The minimum Gasteiger partial charge on any atom is -0.418 e. The highest BCUT2D eigenvalue weighted by Gasteiger charge is 2.38. The van der Waals surface area contributed by atoms with Crippen molar-refractivity contribution in [1.82, 2.24) is 0 Å². The molecule has 0 atom stereocenters. The van der Waals surface area contributed by atoms with Crippen molar-refractivity contribution in [2.24, 2.45) is 0 Å². The molecule has 170 valence electrons. The van der Waals surface area contributed by atoms with Crippen molar-refractivity contribution in [2.75, 3.05) is 0 Å². The van der Waals surface area contributed by atoms with Crippen LogP contribution in [0, 0.1) is 0 Å². The van der Waals surface area contributed by atoms with Crippen molar-refractivity contribution >= 4 is 38.1 Å². The summed E-state index contributed by atoms with van der Waals surface area (Å²) >= 11 is 0. The zero-order valence-corrected chi connectivity index (χ0v) is 25.7. The van der Waals surface area contributed by atoms with E-state index in [2.05, 4.69) is 65.6 Å². The van der Waals surface area contributed by atoms with Crippen LogP contribution >= 0.6 is 0 Å². The van der Waals surface area contributed by atoms with Crippen LogP contribution in [-0.4, -0.2) is 38.1 Å². The van der Waals surface area contributed by atoms with Crippen molar-refractivity contribution in [1.29, 1.82) is 0 Å². The molecule has 0 aliphatic heterocycles.